The summed E-state index contributed by atoms with van der Waals surface area (Å²) in [6, 6.07) is -0.494. The molecule has 6 nitrogen and oxygen atoms in total. The van der Waals surface area contributed by atoms with Gasteiger partial charge in [-0.05, 0) is 26.2 Å². The monoisotopic (exact) mass is 254 g/mol. The molecule has 0 aromatic rings. The first-order valence-corrected chi connectivity index (χ1v) is 6.31. The van der Waals surface area contributed by atoms with E-state index in [0.717, 1.165) is 0 Å². The average molecular weight is 254 g/mol. The van der Waals surface area contributed by atoms with E-state index >= 15 is 0 Å². The van der Waals surface area contributed by atoms with Crippen molar-refractivity contribution in [2.75, 3.05) is 6.54 Å². The van der Waals surface area contributed by atoms with Gasteiger partial charge in [-0.15, -0.1) is 0 Å². The number of hydrogen-bond acceptors (Lipinski definition) is 3. The molecule has 2 rings (SSSR count). The molecule has 0 aromatic carbocycles. The molecular formula is C12H18N2O4. The Morgan fingerprint density at radius 1 is 1.39 bits per heavy atom. The van der Waals surface area contributed by atoms with Crippen LogP contribution in [0.2, 0.25) is 0 Å². The molecule has 100 valence electrons. The van der Waals surface area contributed by atoms with Crippen molar-refractivity contribution in [3.05, 3.63) is 0 Å². The third kappa shape index (κ3) is 2.47. The summed E-state index contributed by atoms with van der Waals surface area (Å²) in [5.74, 6) is -1.30. The molecule has 2 N–H and O–H groups in total. The van der Waals surface area contributed by atoms with Gasteiger partial charge in [0.2, 0.25) is 11.8 Å². The van der Waals surface area contributed by atoms with Crippen LogP contribution in [0.1, 0.15) is 32.6 Å². The summed E-state index contributed by atoms with van der Waals surface area (Å²) in [4.78, 5) is 35.9. The first-order chi connectivity index (χ1) is 8.49. The number of aliphatic carboxylic acids is 1. The van der Waals surface area contributed by atoms with Gasteiger partial charge >= 0.3 is 5.97 Å². The van der Waals surface area contributed by atoms with Crippen LogP contribution in [0.25, 0.3) is 0 Å². The molecule has 2 amide bonds. The van der Waals surface area contributed by atoms with Crippen LogP contribution >= 0.6 is 0 Å². The number of hydrogen-bond donors (Lipinski definition) is 2. The minimum absolute atomic E-state index is 0.0720. The summed E-state index contributed by atoms with van der Waals surface area (Å²) in [7, 11) is 0. The molecule has 2 heterocycles. The van der Waals surface area contributed by atoms with Crippen LogP contribution in [-0.2, 0) is 14.4 Å². The Hall–Kier alpha value is -1.59. The molecule has 0 bridgehead atoms. The van der Waals surface area contributed by atoms with Gasteiger partial charge in [-0.2, -0.15) is 0 Å². The number of carbonyl (C=O) groups is 3. The fourth-order valence-electron chi connectivity index (χ4n) is 2.72. The zero-order valence-corrected chi connectivity index (χ0v) is 10.4. The normalized spacial score (nSPS) is 32.2. The first-order valence-electron chi connectivity index (χ1n) is 6.31. The summed E-state index contributed by atoms with van der Waals surface area (Å²) < 4.78 is 0. The van der Waals surface area contributed by atoms with Crippen LogP contribution in [0, 0.1) is 5.92 Å². The Kier molecular flexibility index (Phi) is 3.54. The molecule has 3 atom stereocenters. The second-order valence-electron chi connectivity index (χ2n) is 5.10. The summed E-state index contributed by atoms with van der Waals surface area (Å²) in [6.07, 6.45) is 1.92. The Labute approximate surface area is 105 Å². The first kappa shape index (κ1) is 12.9. The number of nitrogens with one attached hydrogen (secondary N) is 1. The minimum Gasteiger partial charge on any atom is -0.481 e. The van der Waals surface area contributed by atoms with Crippen LogP contribution in [0.3, 0.4) is 0 Å². The van der Waals surface area contributed by atoms with E-state index in [1.165, 1.54) is 0 Å². The maximum Gasteiger partial charge on any atom is 0.306 e. The fraction of sp³-hybridized carbons (Fsp3) is 0.750. The third-order valence-electron chi connectivity index (χ3n) is 3.80. The standard InChI is InChI=1S/C12H18N2O4/c1-7-6-8(12(17)18)4-5-14(7)11(16)9-2-3-10(15)13-9/h7-9H,2-6H2,1H3,(H,13,15)(H,17,18)/t7?,8?,9-/m1/s1. The van der Waals surface area contributed by atoms with E-state index in [0.29, 0.717) is 32.2 Å². The highest BCUT2D eigenvalue weighted by atomic mass is 16.4. The van der Waals surface area contributed by atoms with Gasteiger partial charge in [-0.3, -0.25) is 14.4 Å². The Balaban J connectivity index is 1.96. The second-order valence-corrected chi connectivity index (χ2v) is 5.10. The summed E-state index contributed by atoms with van der Waals surface area (Å²) >= 11 is 0. The van der Waals surface area contributed by atoms with E-state index in [1.54, 1.807) is 4.90 Å². The number of nitrogens with zero attached hydrogens (tertiary/aromatic N) is 1. The molecule has 2 aliphatic rings. The maximum atomic E-state index is 12.2. The number of carboxylic acid groups (broad SMARTS) is 1. The van der Waals surface area contributed by atoms with Crippen LogP contribution in [0.15, 0.2) is 0 Å². The van der Waals surface area contributed by atoms with Crippen molar-refractivity contribution in [2.45, 2.75) is 44.7 Å². The van der Waals surface area contributed by atoms with Gasteiger partial charge in [-0.1, -0.05) is 0 Å². The highest BCUT2D eigenvalue weighted by Gasteiger charge is 2.37. The Morgan fingerprint density at radius 2 is 2.11 bits per heavy atom. The molecule has 2 fully saturated rings. The van der Waals surface area contributed by atoms with Crippen LogP contribution < -0.4 is 5.32 Å². The molecule has 2 unspecified atom stereocenters. The van der Waals surface area contributed by atoms with Crippen LogP contribution in [0.4, 0.5) is 0 Å². The molecular weight excluding hydrogens is 236 g/mol. The topological polar surface area (TPSA) is 86.7 Å². The van der Waals surface area contributed by atoms with E-state index in [1.807, 2.05) is 6.92 Å². The van der Waals surface area contributed by atoms with Gasteiger partial charge in [0.05, 0.1) is 5.92 Å². The van der Waals surface area contributed by atoms with Crippen LogP contribution in [0.5, 0.6) is 0 Å². The quantitative estimate of drug-likeness (QED) is 0.725. The molecule has 6 heteroatoms. The van der Waals surface area contributed by atoms with Gasteiger partial charge in [0.1, 0.15) is 6.04 Å². The molecule has 0 aliphatic carbocycles. The third-order valence-corrected chi connectivity index (χ3v) is 3.80. The van der Waals surface area contributed by atoms with Crippen molar-refractivity contribution in [1.82, 2.24) is 10.2 Å². The van der Waals surface area contributed by atoms with Gasteiger partial charge in [0.15, 0.2) is 0 Å². The van der Waals surface area contributed by atoms with Crippen molar-refractivity contribution >= 4 is 17.8 Å². The van der Waals surface area contributed by atoms with Gasteiger partial charge in [-0.25, -0.2) is 0 Å². The van der Waals surface area contributed by atoms with E-state index in [-0.39, 0.29) is 23.8 Å². The molecule has 2 aliphatic heterocycles. The van der Waals surface area contributed by atoms with Crippen molar-refractivity contribution in [3.8, 4) is 0 Å². The van der Waals surface area contributed by atoms with E-state index in [4.69, 9.17) is 5.11 Å². The average Bonchev–Trinajstić information content (AvgIpc) is 2.74. The van der Waals surface area contributed by atoms with Gasteiger partial charge in [0.25, 0.3) is 0 Å². The number of carbonyl (C=O) groups excluding carboxylic acids is 2. The van der Waals surface area contributed by atoms with Crippen molar-refractivity contribution in [3.63, 3.8) is 0 Å². The number of likely N-dealkylation sites (tertiary alicyclic amines) is 1. The smallest absolute Gasteiger partial charge is 0.306 e. The number of piperidine rings is 1. The molecule has 0 radical (unpaired) electrons. The Bertz CT molecular complexity index is 382. The van der Waals surface area contributed by atoms with Gasteiger partial charge in [0, 0.05) is 19.0 Å². The number of rotatable bonds is 2. The highest BCUT2D eigenvalue weighted by Crippen LogP contribution is 2.24. The lowest BCUT2D eigenvalue weighted by Crippen LogP contribution is -2.52. The number of amides is 2. The summed E-state index contributed by atoms with van der Waals surface area (Å²) in [5.41, 5.74) is 0. The predicted octanol–water partition coefficient (Wildman–Crippen LogP) is -0.0233. The Morgan fingerprint density at radius 3 is 2.61 bits per heavy atom. The van der Waals surface area contributed by atoms with E-state index in [9.17, 15) is 14.4 Å². The molecule has 2 saturated heterocycles. The van der Waals surface area contributed by atoms with Crippen molar-refractivity contribution in [1.29, 1.82) is 0 Å². The predicted molar refractivity (Wildman–Crippen MR) is 62.7 cm³/mol. The van der Waals surface area contributed by atoms with Crippen molar-refractivity contribution in [2.24, 2.45) is 5.92 Å². The lowest BCUT2D eigenvalue weighted by atomic mass is 9.91. The van der Waals surface area contributed by atoms with Crippen LogP contribution in [-0.4, -0.2) is 46.4 Å². The summed E-state index contributed by atoms with van der Waals surface area (Å²) in [6.45, 7) is 2.33. The lowest BCUT2D eigenvalue weighted by Gasteiger charge is -2.37. The molecule has 18 heavy (non-hydrogen) atoms. The highest BCUT2D eigenvalue weighted by molar-refractivity contribution is 5.91. The SMILES string of the molecule is CC1CC(C(=O)O)CCN1C(=O)[C@H]1CCC(=O)N1. The largest absolute Gasteiger partial charge is 0.481 e. The van der Waals surface area contributed by atoms with Gasteiger partial charge < -0.3 is 15.3 Å². The second kappa shape index (κ2) is 4.96. The molecule has 0 saturated carbocycles. The summed E-state index contributed by atoms with van der Waals surface area (Å²) in [5, 5.41) is 11.6. The molecule has 0 spiro atoms. The van der Waals surface area contributed by atoms with E-state index < -0.39 is 12.0 Å². The maximum absolute atomic E-state index is 12.2. The minimum atomic E-state index is -0.789. The van der Waals surface area contributed by atoms with Crippen molar-refractivity contribution < 1.29 is 19.5 Å². The molecule has 0 aromatic heterocycles. The number of carboxylic acids is 1. The lowest BCUT2D eigenvalue weighted by molar-refractivity contribution is -0.148. The zero-order valence-electron chi connectivity index (χ0n) is 10.4. The zero-order chi connectivity index (χ0) is 13.3. The van der Waals surface area contributed by atoms with E-state index in [2.05, 4.69) is 5.32 Å². The fourth-order valence-corrected chi connectivity index (χ4v) is 2.72.